The highest BCUT2D eigenvalue weighted by molar-refractivity contribution is 5.78. The number of nitrogens with two attached hydrogens (primary N) is 1. The van der Waals surface area contributed by atoms with E-state index in [0.717, 1.165) is 11.3 Å². The lowest BCUT2D eigenvalue weighted by Crippen LogP contribution is -2.02. The number of nitrogens with one attached hydrogen (secondary N) is 1. The molecule has 2 aromatic heterocycles. The second-order valence-corrected chi connectivity index (χ2v) is 3.79. The monoisotopic (exact) mass is 242 g/mol. The van der Waals surface area contributed by atoms with Crippen LogP contribution in [-0.2, 0) is 6.54 Å². The predicted molar refractivity (Wildman–Crippen MR) is 65.8 cm³/mol. The Morgan fingerprint density at radius 2 is 2.22 bits per heavy atom. The summed E-state index contributed by atoms with van der Waals surface area (Å²) in [5.74, 6) is 0.112. The van der Waals surface area contributed by atoms with Gasteiger partial charge in [0.2, 0.25) is 0 Å². The maximum absolute atomic E-state index is 11.1. The molecule has 0 aliphatic heterocycles. The molecule has 0 bridgehead atoms. The molecule has 0 unspecified atom stereocenters. The van der Waals surface area contributed by atoms with E-state index in [1.807, 2.05) is 12.1 Å². The lowest BCUT2D eigenvalue weighted by Gasteiger charge is -2.02. The average Bonchev–Trinajstić information content (AvgIpc) is 2.77. The van der Waals surface area contributed by atoms with E-state index in [1.54, 1.807) is 18.3 Å². The van der Waals surface area contributed by atoms with Gasteiger partial charge in [0.25, 0.3) is 0 Å². The van der Waals surface area contributed by atoms with E-state index in [0.29, 0.717) is 23.5 Å². The zero-order valence-corrected chi connectivity index (χ0v) is 9.38. The van der Waals surface area contributed by atoms with Crippen molar-refractivity contribution in [2.45, 2.75) is 6.54 Å². The quantitative estimate of drug-likeness (QED) is 0.699. The molecule has 6 nitrogen and oxygen atoms in total. The standard InChI is InChI=1S/C12H10N4O2/c13-6-11-14-4-3-8(15-11)7-1-2-10-9(5-7)16-12(17)18-10/h1-5H,6,13H2,(H,16,17). The van der Waals surface area contributed by atoms with Crippen molar-refractivity contribution in [2.24, 2.45) is 5.73 Å². The Kier molecular flexibility index (Phi) is 2.42. The third-order valence-corrected chi connectivity index (χ3v) is 2.60. The molecule has 0 spiro atoms. The molecule has 2 heterocycles. The summed E-state index contributed by atoms with van der Waals surface area (Å²) in [5.41, 5.74) is 8.30. The third-order valence-electron chi connectivity index (χ3n) is 2.60. The highest BCUT2D eigenvalue weighted by Crippen LogP contribution is 2.20. The van der Waals surface area contributed by atoms with Crippen molar-refractivity contribution in [3.63, 3.8) is 0 Å². The summed E-state index contributed by atoms with van der Waals surface area (Å²) < 4.78 is 4.94. The molecule has 0 atom stereocenters. The molecule has 0 radical (unpaired) electrons. The van der Waals surface area contributed by atoms with Crippen LogP contribution in [0.25, 0.3) is 22.4 Å². The van der Waals surface area contributed by atoms with Crippen LogP contribution in [0.15, 0.2) is 39.7 Å². The number of aromatic amines is 1. The average molecular weight is 242 g/mol. The Hall–Kier alpha value is -2.47. The molecule has 3 aromatic rings. The van der Waals surface area contributed by atoms with E-state index in [4.69, 9.17) is 10.2 Å². The topological polar surface area (TPSA) is 97.8 Å². The molecular weight excluding hydrogens is 232 g/mol. The maximum atomic E-state index is 11.1. The first-order valence-electron chi connectivity index (χ1n) is 5.41. The summed E-state index contributed by atoms with van der Waals surface area (Å²) in [5, 5.41) is 0. The molecular formula is C12H10N4O2. The van der Waals surface area contributed by atoms with Crippen LogP contribution in [0.3, 0.4) is 0 Å². The first-order chi connectivity index (χ1) is 8.76. The van der Waals surface area contributed by atoms with Gasteiger partial charge in [-0.05, 0) is 24.3 Å². The van der Waals surface area contributed by atoms with Crippen LogP contribution in [0.5, 0.6) is 0 Å². The Morgan fingerprint density at radius 3 is 3.06 bits per heavy atom. The lowest BCUT2D eigenvalue weighted by atomic mass is 10.1. The number of H-pyrrole nitrogens is 1. The van der Waals surface area contributed by atoms with Gasteiger partial charge in [0.05, 0.1) is 17.8 Å². The van der Waals surface area contributed by atoms with E-state index < -0.39 is 5.76 Å². The van der Waals surface area contributed by atoms with Gasteiger partial charge in [-0.15, -0.1) is 0 Å². The van der Waals surface area contributed by atoms with Gasteiger partial charge in [-0.25, -0.2) is 14.8 Å². The van der Waals surface area contributed by atoms with Crippen molar-refractivity contribution in [3.05, 3.63) is 46.8 Å². The minimum Gasteiger partial charge on any atom is -0.408 e. The summed E-state index contributed by atoms with van der Waals surface area (Å²) in [6.07, 6.45) is 1.66. The number of rotatable bonds is 2. The fourth-order valence-electron chi connectivity index (χ4n) is 1.77. The molecule has 0 aliphatic rings. The zero-order valence-electron chi connectivity index (χ0n) is 9.38. The summed E-state index contributed by atoms with van der Waals surface area (Å²) in [7, 11) is 0. The SMILES string of the molecule is NCc1nccc(-c2ccc3oc(=O)[nH]c3c2)n1. The van der Waals surface area contributed by atoms with Crippen molar-refractivity contribution in [2.75, 3.05) is 0 Å². The van der Waals surface area contributed by atoms with E-state index in [2.05, 4.69) is 15.0 Å². The van der Waals surface area contributed by atoms with Gasteiger partial charge in [-0.1, -0.05) is 0 Å². The zero-order chi connectivity index (χ0) is 12.5. The van der Waals surface area contributed by atoms with E-state index in [9.17, 15) is 4.79 Å². The molecule has 3 rings (SSSR count). The van der Waals surface area contributed by atoms with Gasteiger partial charge in [0.15, 0.2) is 5.58 Å². The molecule has 0 amide bonds. The summed E-state index contributed by atoms with van der Waals surface area (Å²) in [4.78, 5) is 22.0. The van der Waals surface area contributed by atoms with Crippen molar-refractivity contribution < 1.29 is 4.42 Å². The number of hydrogen-bond acceptors (Lipinski definition) is 5. The summed E-state index contributed by atoms with van der Waals surface area (Å²) >= 11 is 0. The van der Waals surface area contributed by atoms with Crippen LogP contribution in [0.2, 0.25) is 0 Å². The van der Waals surface area contributed by atoms with Gasteiger partial charge < -0.3 is 10.2 Å². The Labute approximate surface area is 101 Å². The van der Waals surface area contributed by atoms with Crippen LogP contribution in [0.1, 0.15) is 5.82 Å². The number of hydrogen-bond donors (Lipinski definition) is 2. The smallest absolute Gasteiger partial charge is 0.408 e. The van der Waals surface area contributed by atoms with E-state index in [1.165, 1.54) is 0 Å². The summed E-state index contributed by atoms with van der Waals surface area (Å²) in [6.45, 7) is 0.290. The number of oxazole rings is 1. The number of benzene rings is 1. The molecule has 0 aliphatic carbocycles. The predicted octanol–water partition coefficient (Wildman–Crippen LogP) is 1.04. The van der Waals surface area contributed by atoms with Crippen LogP contribution in [0, 0.1) is 0 Å². The fourth-order valence-corrected chi connectivity index (χ4v) is 1.77. The third kappa shape index (κ3) is 1.78. The molecule has 90 valence electrons. The summed E-state index contributed by atoms with van der Waals surface area (Å²) in [6, 6.07) is 7.16. The molecule has 3 N–H and O–H groups in total. The minimum absolute atomic E-state index is 0.290. The second kappa shape index (κ2) is 4.08. The Balaban J connectivity index is 2.15. The van der Waals surface area contributed by atoms with Crippen molar-refractivity contribution in [3.8, 4) is 11.3 Å². The van der Waals surface area contributed by atoms with Gasteiger partial charge in [-0.3, -0.25) is 4.98 Å². The molecule has 0 saturated carbocycles. The highest BCUT2D eigenvalue weighted by Gasteiger charge is 2.05. The maximum Gasteiger partial charge on any atom is 0.417 e. The van der Waals surface area contributed by atoms with Crippen LogP contribution >= 0.6 is 0 Å². The van der Waals surface area contributed by atoms with Crippen LogP contribution < -0.4 is 11.5 Å². The second-order valence-electron chi connectivity index (χ2n) is 3.79. The Bertz CT molecular complexity index is 760. The van der Waals surface area contributed by atoms with Crippen LogP contribution in [0.4, 0.5) is 0 Å². The largest absolute Gasteiger partial charge is 0.417 e. The van der Waals surface area contributed by atoms with Gasteiger partial charge >= 0.3 is 5.76 Å². The fraction of sp³-hybridized carbons (Fsp3) is 0.0833. The van der Waals surface area contributed by atoms with Gasteiger partial charge in [0, 0.05) is 11.8 Å². The number of aromatic nitrogens is 3. The van der Waals surface area contributed by atoms with Gasteiger partial charge in [-0.2, -0.15) is 0 Å². The van der Waals surface area contributed by atoms with Crippen molar-refractivity contribution >= 4 is 11.1 Å². The van der Waals surface area contributed by atoms with Crippen molar-refractivity contribution in [1.82, 2.24) is 15.0 Å². The molecule has 6 heteroatoms. The van der Waals surface area contributed by atoms with Crippen LogP contribution in [-0.4, -0.2) is 15.0 Å². The first-order valence-corrected chi connectivity index (χ1v) is 5.41. The molecule has 0 saturated heterocycles. The number of fused-ring (bicyclic) bond motifs is 1. The minimum atomic E-state index is -0.465. The number of nitrogens with zero attached hydrogens (tertiary/aromatic N) is 2. The first kappa shape index (κ1) is 10.7. The van der Waals surface area contributed by atoms with E-state index in [-0.39, 0.29) is 0 Å². The highest BCUT2D eigenvalue weighted by atomic mass is 16.4. The normalized spacial score (nSPS) is 10.9. The Morgan fingerprint density at radius 1 is 1.33 bits per heavy atom. The lowest BCUT2D eigenvalue weighted by molar-refractivity contribution is 0.555. The van der Waals surface area contributed by atoms with Gasteiger partial charge in [0.1, 0.15) is 5.82 Å². The van der Waals surface area contributed by atoms with Crippen molar-refractivity contribution in [1.29, 1.82) is 0 Å². The molecule has 18 heavy (non-hydrogen) atoms. The van der Waals surface area contributed by atoms with E-state index >= 15 is 0 Å². The molecule has 0 fully saturated rings. The molecule has 1 aromatic carbocycles.